The zero-order valence-electron chi connectivity index (χ0n) is 12.3. The van der Waals surface area contributed by atoms with E-state index in [1.54, 1.807) is 13.0 Å². The van der Waals surface area contributed by atoms with Crippen molar-refractivity contribution >= 4 is 23.5 Å². The van der Waals surface area contributed by atoms with E-state index >= 15 is 0 Å². The fraction of sp³-hybridized carbons (Fsp3) is 0.500. The van der Waals surface area contributed by atoms with Crippen LogP contribution in [-0.4, -0.2) is 23.1 Å². The number of carbonyl (C=O) groups is 2. The van der Waals surface area contributed by atoms with Gasteiger partial charge in [0.2, 0.25) is 0 Å². The van der Waals surface area contributed by atoms with Crippen LogP contribution in [-0.2, 0) is 20.7 Å². The Morgan fingerprint density at radius 2 is 2.00 bits per heavy atom. The number of esters is 1. The van der Waals surface area contributed by atoms with E-state index in [1.165, 1.54) is 0 Å². The van der Waals surface area contributed by atoms with Gasteiger partial charge in [-0.25, -0.2) is 0 Å². The maximum absolute atomic E-state index is 11.8. The molecule has 1 N–H and O–H groups in total. The maximum Gasteiger partial charge on any atom is 0.320 e. The van der Waals surface area contributed by atoms with Crippen molar-refractivity contribution in [1.82, 2.24) is 0 Å². The minimum Gasteiger partial charge on any atom is -0.481 e. The molecule has 0 fully saturated rings. The van der Waals surface area contributed by atoms with E-state index in [4.69, 9.17) is 21.4 Å². The van der Waals surface area contributed by atoms with Gasteiger partial charge < -0.3 is 9.84 Å². The zero-order valence-corrected chi connectivity index (χ0v) is 13.1. The molecule has 0 bridgehead atoms. The van der Waals surface area contributed by atoms with Gasteiger partial charge in [0.1, 0.15) is 0 Å². The van der Waals surface area contributed by atoms with Crippen molar-refractivity contribution in [3.8, 4) is 0 Å². The summed E-state index contributed by atoms with van der Waals surface area (Å²) >= 11 is 6.04. The van der Waals surface area contributed by atoms with E-state index in [2.05, 4.69) is 0 Å². The highest BCUT2D eigenvalue weighted by atomic mass is 35.5. The fourth-order valence-electron chi connectivity index (χ4n) is 1.90. The first kappa shape index (κ1) is 17.5. The summed E-state index contributed by atoms with van der Waals surface area (Å²) in [6.07, 6.45) is 1.85. The highest BCUT2D eigenvalue weighted by Gasteiger charge is 2.28. The minimum atomic E-state index is -1.14. The molecule has 4 nitrogen and oxygen atoms in total. The average Bonchev–Trinajstić information content (AvgIpc) is 2.44. The molecule has 1 aromatic carbocycles. The predicted octanol–water partition coefficient (Wildman–Crippen LogP) is 3.71. The van der Waals surface area contributed by atoms with Gasteiger partial charge in [0.25, 0.3) is 0 Å². The van der Waals surface area contributed by atoms with Gasteiger partial charge in [-0.15, -0.1) is 0 Å². The Kier molecular flexibility index (Phi) is 7.23. The number of benzene rings is 1. The predicted molar refractivity (Wildman–Crippen MR) is 81.4 cm³/mol. The molecular formula is C16H21ClO4. The average molecular weight is 313 g/mol. The fourth-order valence-corrected chi connectivity index (χ4v) is 2.13. The van der Waals surface area contributed by atoms with Crippen LogP contribution in [0.2, 0.25) is 5.02 Å². The Morgan fingerprint density at radius 3 is 2.57 bits per heavy atom. The van der Waals surface area contributed by atoms with Gasteiger partial charge in [0.05, 0.1) is 6.10 Å². The largest absolute Gasteiger partial charge is 0.481 e. The Morgan fingerprint density at radius 1 is 1.33 bits per heavy atom. The molecule has 2 unspecified atom stereocenters. The van der Waals surface area contributed by atoms with Crippen molar-refractivity contribution in [2.24, 2.45) is 5.92 Å². The third-order valence-corrected chi connectivity index (χ3v) is 3.74. The zero-order chi connectivity index (χ0) is 15.8. The van der Waals surface area contributed by atoms with Gasteiger partial charge in [-0.1, -0.05) is 36.7 Å². The third-order valence-electron chi connectivity index (χ3n) is 3.37. The molecule has 5 heteroatoms. The van der Waals surface area contributed by atoms with Gasteiger partial charge in [0.15, 0.2) is 5.92 Å². The second kappa shape index (κ2) is 8.67. The first-order chi connectivity index (χ1) is 9.95. The minimum absolute atomic E-state index is 0.246. The number of carbonyl (C=O) groups excluding carboxylic acids is 1. The number of aliphatic carboxylic acids is 1. The molecule has 0 spiro atoms. The number of ether oxygens (including phenoxy) is 1. The molecule has 0 amide bonds. The third kappa shape index (κ3) is 5.76. The lowest BCUT2D eigenvalue weighted by Gasteiger charge is -2.15. The molecular weight excluding hydrogens is 292 g/mol. The molecule has 0 aliphatic carbocycles. The molecule has 0 heterocycles. The normalized spacial score (nSPS) is 13.5. The van der Waals surface area contributed by atoms with E-state index in [9.17, 15) is 9.59 Å². The van der Waals surface area contributed by atoms with Crippen molar-refractivity contribution in [3.63, 3.8) is 0 Å². The molecule has 1 rings (SSSR count). The van der Waals surface area contributed by atoms with Crippen molar-refractivity contribution < 1.29 is 19.4 Å². The number of rotatable bonds is 8. The molecule has 0 saturated carbocycles. The smallest absolute Gasteiger partial charge is 0.320 e. The van der Waals surface area contributed by atoms with Crippen molar-refractivity contribution in [3.05, 3.63) is 34.9 Å². The van der Waals surface area contributed by atoms with E-state index in [-0.39, 0.29) is 12.5 Å². The molecule has 116 valence electrons. The summed E-state index contributed by atoms with van der Waals surface area (Å²) in [6.45, 7) is 3.63. The molecule has 0 radical (unpaired) electrons. The highest BCUT2D eigenvalue weighted by molar-refractivity contribution is 6.31. The van der Waals surface area contributed by atoms with Gasteiger partial charge >= 0.3 is 11.9 Å². The number of aryl methyl sites for hydroxylation is 1. The van der Waals surface area contributed by atoms with Crippen LogP contribution in [0, 0.1) is 5.92 Å². The summed E-state index contributed by atoms with van der Waals surface area (Å²) in [5, 5.41) is 9.81. The van der Waals surface area contributed by atoms with Crippen LogP contribution < -0.4 is 0 Å². The molecule has 0 aliphatic rings. The van der Waals surface area contributed by atoms with E-state index in [0.717, 1.165) is 5.56 Å². The van der Waals surface area contributed by atoms with Gasteiger partial charge in [-0.2, -0.15) is 0 Å². The molecule has 21 heavy (non-hydrogen) atoms. The molecule has 0 aromatic heterocycles. The summed E-state index contributed by atoms with van der Waals surface area (Å²) in [5.41, 5.74) is 0.957. The molecule has 2 atom stereocenters. The van der Waals surface area contributed by atoms with Crippen LogP contribution in [0.3, 0.4) is 0 Å². The van der Waals surface area contributed by atoms with E-state index in [0.29, 0.717) is 24.3 Å². The Balaban J connectivity index is 2.54. The highest BCUT2D eigenvalue weighted by Crippen LogP contribution is 2.19. The topological polar surface area (TPSA) is 63.6 Å². The summed E-state index contributed by atoms with van der Waals surface area (Å²) in [7, 11) is 0. The summed E-state index contributed by atoms with van der Waals surface area (Å²) in [6, 6.07) is 7.42. The number of carboxylic acid groups (broad SMARTS) is 1. The van der Waals surface area contributed by atoms with Crippen LogP contribution in [0.15, 0.2) is 24.3 Å². The van der Waals surface area contributed by atoms with Crippen LogP contribution in [0.5, 0.6) is 0 Å². The number of carboxylic acids is 1. The first-order valence-electron chi connectivity index (χ1n) is 7.12. The van der Waals surface area contributed by atoms with Crippen molar-refractivity contribution in [2.45, 2.75) is 45.6 Å². The van der Waals surface area contributed by atoms with Gasteiger partial charge in [-0.05, 0) is 44.2 Å². The van der Waals surface area contributed by atoms with Crippen LogP contribution in [0.4, 0.5) is 0 Å². The summed E-state index contributed by atoms with van der Waals surface area (Å²) in [4.78, 5) is 23.0. The van der Waals surface area contributed by atoms with Crippen LogP contribution in [0.25, 0.3) is 0 Å². The number of halogens is 1. The second-order valence-corrected chi connectivity index (χ2v) is 5.44. The summed E-state index contributed by atoms with van der Waals surface area (Å²) < 4.78 is 5.10. The van der Waals surface area contributed by atoms with E-state index in [1.807, 2.05) is 25.1 Å². The monoisotopic (exact) mass is 312 g/mol. The quantitative estimate of drug-likeness (QED) is 0.587. The lowest BCUT2D eigenvalue weighted by Crippen LogP contribution is -2.28. The van der Waals surface area contributed by atoms with Crippen molar-refractivity contribution in [2.75, 3.05) is 0 Å². The van der Waals surface area contributed by atoms with Crippen molar-refractivity contribution in [1.29, 1.82) is 0 Å². The molecule has 0 saturated heterocycles. The van der Waals surface area contributed by atoms with Crippen LogP contribution >= 0.6 is 11.6 Å². The van der Waals surface area contributed by atoms with Gasteiger partial charge in [-0.3, -0.25) is 9.59 Å². The Bertz CT molecular complexity index is 487. The van der Waals surface area contributed by atoms with Crippen LogP contribution in [0.1, 0.15) is 38.7 Å². The second-order valence-electron chi connectivity index (χ2n) is 5.03. The molecule has 0 aliphatic heterocycles. The lowest BCUT2D eigenvalue weighted by molar-refractivity contribution is -0.162. The Labute approximate surface area is 130 Å². The first-order valence-corrected chi connectivity index (χ1v) is 7.50. The molecule has 1 aromatic rings. The summed E-state index contributed by atoms with van der Waals surface area (Å²) in [5.74, 6) is -2.90. The van der Waals surface area contributed by atoms with Gasteiger partial charge in [0, 0.05) is 5.02 Å². The number of hydrogen-bond acceptors (Lipinski definition) is 3. The SMILES string of the molecule is CCC(C)OC(=O)C(CCCc1ccccc1Cl)C(=O)O. The Hall–Kier alpha value is -1.55. The maximum atomic E-state index is 11.8. The number of hydrogen-bond donors (Lipinski definition) is 1. The standard InChI is InChI=1S/C16H21ClO4/c1-3-11(2)21-16(20)13(15(18)19)9-6-8-12-7-4-5-10-14(12)17/h4-5,7,10-11,13H,3,6,8-9H2,1-2H3,(H,18,19). The lowest BCUT2D eigenvalue weighted by atomic mass is 9.99. The van der Waals surface area contributed by atoms with E-state index < -0.39 is 17.9 Å².